The van der Waals surface area contributed by atoms with Gasteiger partial charge in [-0.2, -0.15) is 0 Å². The van der Waals surface area contributed by atoms with Crippen LogP contribution in [0.4, 0.5) is 4.79 Å². The maximum atomic E-state index is 12.5. The van der Waals surface area contributed by atoms with E-state index in [-0.39, 0.29) is 6.09 Å². The van der Waals surface area contributed by atoms with Crippen molar-refractivity contribution >= 4 is 11.7 Å². The number of pyridine rings is 2. The van der Waals surface area contributed by atoms with Crippen LogP contribution in [0.1, 0.15) is 39.3 Å². The van der Waals surface area contributed by atoms with E-state index in [1.54, 1.807) is 0 Å². The van der Waals surface area contributed by atoms with Crippen molar-refractivity contribution in [3.63, 3.8) is 0 Å². The lowest BCUT2D eigenvalue weighted by atomic mass is 9.89. The molecule has 162 valence electrons. The molecule has 1 amide bonds. The molecule has 1 saturated heterocycles. The minimum absolute atomic E-state index is 0.173. The molecule has 2 aliphatic rings. The van der Waals surface area contributed by atoms with E-state index < -0.39 is 5.60 Å². The van der Waals surface area contributed by atoms with E-state index in [0.717, 1.165) is 42.2 Å². The molecule has 6 nitrogen and oxygen atoms in total. The van der Waals surface area contributed by atoms with Crippen LogP contribution in [0.3, 0.4) is 0 Å². The van der Waals surface area contributed by atoms with Gasteiger partial charge in [0.15, 0.2) is 0 Å². The predicted molar refractivity (Wildman–Crippen MR) is 120 cm³/mol. The number of carbonyl (C=O) groups excluding carboxylic acids is 1. The Balaban J connectivity index is 1.30. The SMILES string of the molecule is CC(C)(C)OC(=O)N1C[C@H]2CCC(Cc3cccc(-c4cnc5ccccn45)n3)[C@H]2C1. The van der Waals surface area contributed by atoms with Crippen LogP contribution in [0.2, 0.25) is 0 Å². The third-order valence-electron chi connectivity index (χ3n) is 6.61. The number of likely N-dealkylation sites (tertiary alicyclic amines) is 1. The molecule has 5 rings (SSSR count). The Bertz CT molecular complexity index is 1100. The van der Waals surface area contributed by atoms with Crippen LogP contribution in [-0.4, -0.2) is 44.1 Å². The van der Waals surface area contributed by atoms with Gasteiger partial charge in [0, 0.05) is 25.0 Å². The van der Waals surface area contributed by atoms with Crippen molar-refractivity contribution in [2.45, 2.75) is 45.6 Å². The van der Waals surface area contributed by atoms with Crippen LogP contribution < -0.4 is 0 Å². The van der Waals surface area contributed by atoms with E-state index in [1.807, 2.05) is 56.3 Å². The monoisotopic (exact) mass is 418 g/mol. The highest BCUT2D eigenvalue weighted by atomic mass is 16.6. The molecule has 2 fully saturated rings. The summed E-state index contributed by atoms with van der Waals surface area (Å²) in [4.78, 5) is 23.9. The Morgan fingerprint density at radius 2 is 2.00 bits per heavy atom. The zero-order valence-corrected chi connectivity index (χ0v) is 18.5. The molecule has 1 aliphatic heterocycles. The highest BCUT2D eigenvalue weighted by Gasteiger charge is 2.44. The van der Waals surface area contributed by atoms with Gasteiger partial charge in [-0.05, 0) is 82.1 Å². The molecule has 1 unspecified atom stereocenters. The lowest BCUT2D eigenvalue weighted by molar-refractivity contribution is 0.0276. The molecular formula is C25H30N4O2. The molecule has 0 radical (unpaired) electrons. The average Bonchev–Trinajstić information content (AvgIpc) is 3.42. The van der Waals surface area contributed by atoms with Gasteiger partial charge in [0.05, 0.1) is 17.6 Å². The van der Waals surface area contributed by atoms with Crippen LogP contribution in [0.15, 0.2) is 48.8 Å². The highest BCUT2D eigenvalue weighted by Crippen LogP contribution is 2.44. The van der Waals surface area contributed by atoms with Crippen LogP contribution in [0.5, 0.6) is 0 Å². The fraction of sp³-hybridized carbons (Fsp3) is 0.480. The quantitative estimate of drug-likeness (QED) is 0.611. The van der Waals surface area contributed by atoms with Gasteiger partial charge in [-0.15, -0.1) is 0 Å². The lowest BCUT2D eigenvalue weighted by Crippen LogP contribution is -2.36. The van der Waals surface area contributed by atoms with E-state index >= 15 is 0 Å². The predicted octanol–water partition coefficient (Wildman–Crippen LogP) is 4.83. The Morgan fingerprint density at radius 3 is 2.84 bits per heavy atom. The smallest absolute Gasteiger partial charge is 0.410 e. The summed E-state index contributed by atoms with van der Waals surface area (Å²) in [6, 6.07) is 12.3. The fourth-order valence-electron chi connectivity index (χ4n) is 5.23. The highest BCUT2D eigenvalue weighted by molar-refractivity contribution is 5.68. The summed E-state index contributed by atoms with van der Waals surface area (Å²) in [5.74, 6) is 1.68. The van der Waals surface area contributed by atoms with E-state index in [0.29, 0.717) is 17.8 Å². The molecule has 1 saturated carbocycles. The van der Waals surface area contributed by atoms with Crippen molar-refractivity contribution in [1.29, 1.82) is 0 Å². The summed E-state index contributed by atoms with van der Waals surface area (Å²) in [6.45, 7) is 7.40. The lowest BCUT2D eigenvalue weighted by Gasteiger charge is -2.25. The van der Waals surface area contributed by atoms with Crippen molar-refractivity contribution in [1.82, 2.24) is 19.3 Å². The first-order valence-corrected chi connectivity index (χ1v) is 11.2. The summed E-state index contributed by atoms with van der Waals surface area (Å²) >= 11 is 0. The molecule has 0 spiro atoms. The van der Waals surface area contributed by atoms with Gasteiger partial charge < -0.3 is 9.64 Å². The summed E-state index contributed by atoms with van der Waals surface area (Å²) < 4.78 is 7.68. The van der Waals surface area contributed by atoms with Gasteiger partial charge in [-0.3, -0.25) is 9.38 Å². The molecule has 0 N–H and O–H groups in total. The first-order chi connectivity index (χ1) is 14.9. The number of fused-ring (bicyclic) bond motifs is 2. The Hall–Kier alpha value is -2.89. The standard InChI is InChI=1S/C25H30N4O2/c1-25(2,3)31-24(30)28-15-18-11-10-17(20(18)16-28)13-19-7-6-8-21(27-19)22-14-26-23-9-4-5-12-29(22)23/h4-9,12,14,17-18,20H,10-11,13,15-16H2,1-3H3/t17?,18-,20-/m1/s1. The van der Waals surface area contributed by atoms with Crippen LogP contribution in [0.25, 0.3) is 17.0 Å². The number of imidazole rings is 1. The van der Waals surface area contributed by atoms with E-state index in [1.165, 1.54) is 12.8 Å². The summed E-state index contributed by atoms with van der Waals surface area (Å²) in [5, 5.41) is 0. The molecule has 3 atom stereocenters. The second kappa shape index (κ2) is 7.66. The van der Waals surface area contributed by atoms with Gasteiger partial charge in [0.1, 0.15) is 11.2 Å². The van der Waals surface area contributed by atoms with Gasteiger partial charge in [0.25, 0.3) is 0 Å². The third kappa shape index (κ3) is 4.03. The van der Waals surface area contributed by atoms with Crippen molar-refractivity contribution < 1.29 is 9.53 Å². The second-order valence-electron chi connectivity index (χ2n) is 9.94. The number of hydrogen-bond donors (Lipinski definition) is 0. The number of aromatic nitrogens is 3. The Morgan fingerprint density at radius 1 is 1.13 bits per heavy atom. The van der Waals surface area contributed by atoms with Crippen molar-refractivity contribution in [3.8, 4) is 11.4 Å². The number of nitrogens with zero attached hydrogens (tertiary/aromatic N) is 4. The number of hydrogen-bond acceptors (Lipinski definition) is 4. The molecule has 3 aromatic rings. The maximum absolute atomic E-state index is 12.5. The van der Waals surface area contributed by atoms with Crippen molar-refractivity contribution in [3.05, 3.63) is 54.5 Å². The molecule has 6 heteroatoms. The molecule has 0 aromatic carbocycles. The fourth-order valence-corrected chi connectivity index (χ4v) is 5.23. The molecule has 4 heterocycles. The van der Waals surface area contributed by atoms with Crippen molar-refractivity contribution in [2.75, 3.05) is 13.1 Å². The van der Waals surface area contributed by atoms with Gasteiger partial charge in [-0.1, -0.05) is 12.1 Å². The minimum Gasteiger partial charge on any atom is -0.444 e. The summed E-state index contributed by atoms with van der Waals surface area (Å²) in [6.07, 6.45) is 7.09. The minimum atomic E-state index is -0.448. The number of amides is 1. The first kappa shape index (κ1) is 20.0. The maximum Gasteiger partial charge on any atom is 0.410 e. The normalized spacial score (nSPS) is 23.3. The van der Waals surface area contributed by atoms with E-state index in [2.05, 4.69) is 27.6 Å². The Kier molecular flexibility index (Phi) is 4.95. The molecule has 3 aromatic heterocycles. The number of ether oxygens (including phenoxy) is 1. The molecule has 31 heavy (non-hydrogen) atoms. The number of rotatable bonds is 3. The van der Waals surface area contributed by atoms with E-state index in [4.69, 9.17) is 9.72 Å². The zero-order valence-electron chi connectivity index (χ0n) is 18.5. The number of carbonyl (C=O) groups is 1. The van der Waals surface area contributed by atoms with Crippen molar-refractivity contribution in [2.24, 2.45) is 17.8 Å². The van der Waals surface area contributed by atoms with Gasteiger partial charge in [-0.25, -0.2) is 9.78 Å². The van der Waals surface area contributed by atoms with Crippen LogP contribution in [0, 0.1) is 17.8 Å². The largest absolute Gasteiger partial charge is 0.444 e. The third-order valence-corrected chi connectivity index (χ3v) is 6.61. The second-order valence-corrected chi connectivity index (χ2v) is 9.94. The molecular weight excluding hydrogens is 388 g/mol. The van der Waals surface area contributed by atoms with Gasteiger partial charge in [0.2, 0.25) is 0 Å². The Labute approximate surface area is 183 Å². The zero-order chi connectivity index (χ0) is 21.6. The first-order valence-electron chi connectivity index (χ1n) is 11.2. The molecule has 1 aliphatic carbocycles. The van der Waals surface area contributed by atoms with Crippen LogP contribution >= 0.6 is 0 Å². The van der Waals surface area contributed by atoms with Crippen LogP contribution in [-0.2, 0) is 11.2 Å². The summed E-state index contributed by atoms with van der Waals surface area (Å²) in [5.41, 5.74) is 3.56. The molecule has 0 bridgehead atoms. The topological polar surface area (TPSA) is 59.7 Å². The average molecular weight is 419 g/mol. The summed E-state index contributed by atoms with van der Waals surface area (Å²) in [7, 11) is 0. The van der Waals surface area contributed by atoms with E-state index in [9.17, 15) is 4.79 Å². The van der Waals surface area contributed by atoms with Gasteiger partial charge >= 0.3 is 6.09 Å².